The van der Waals surface area contributed by atoms with E-state index in [1.807, 2.05) is 0 Å². The van der Waals surface area contributed by atoms with E-state index >= 15 is 0 Å². The van der Waals surface area contributed by atoms with Crippen molar-refractivity contribution in [1.82, 2.24) is 0 Å². The quantitative estimate of drug-likeness (QED) is 0.757. The van der Waals surface area contributed by atoms with Crippen LogP contribution in [0.25, 0.3) is 0 Å². The molecule has 0 heterocycles. The highest BCUT2D eigenvalue weighted by Gasteiger charge is 2.08. The molecule has 0 aliphatic heterocycles. The van der Waals surface area contributed by atoms with Crippen molar-refractivity contribution in [1.29, 1.82) is 0 Å². The molecule has 0 unspecified atom stereocenters. The van der Waals surface area contributed by atoms with Crippen LogP contribution in [0.1, 0.15) is 5.56 Å². The molecule has 0 aliphatic carbocycles. The van der Waals surface area contributed by atoms with Gasteiger partial charge in [-0.15, -0.1) is 0 Å². The van der Waals surface area contributed by atoms with Crippen molar-refractivity contribution in [2.45, 2.75) is 6.54 Å². The van der Waals surface area contributed by atoms with E-state index in [0.717, 1.165) is 12.1 Å². The summed E-state index contributed by atoms with van der Waals surface area (Å²) >= 11 is 8.52. The van der Waals surface area contributed by atoms with Crippen LogP contribution in [0.2, 0.25) is 5.02 Å². The van der Waals surface area contributed by atoms with E-state index in [1.54, 1.807) is 0 Å². The van der Waals surface area contributed by atoms with Crippen LogP contribution in [0.4, 0.5) is 18.9 Å². The summed E-state index contributed by atoms with van der Waals surface area (Å²) in [6.07, 6.45) is 0. The largest absolute Gasteiger partial charge is 0.379 e. The Labute approximate surface area is 121 Å². The summed E-state index contributed by atoms with van der Waals surface area (Å²) < 4.78 is 39.8. The monoisotopic (exact) mass is 349 g/mol. The van der Waals surface area contributed by atoms with E-state index in [2.05, 4.69) is 21.2 Å². The van der Waals surface area contributed by atoms with Gasteiger partial charge in [-0.1, -0.05) is 17.7 Å². The second-order valence-corrected chi connectivity index (χ2v) is 5.11. The Kier molecular flexibility index (Phi) is 4.37. The molecule has 2 rings (SSSR count). The second kappa shape index (κ2) is 5.84. The molecule has 0 aromatic heterocycles. The molecule has 19 heavy (non-hydrogen) atoms. The Morgan fingerprint density at radius 3 is 2.42 bits per heavy atom. The molecule has 0 amide bonds. The third-order valence-corrected chi connectivity index (χ3v) is 3.37. The standard InChI is InChI=1S/C13H8BrClF3N/c14-8-4-12(18)13(5-11(8)17)19-6-7-1-2-10(16)9(15)3-7/h1-5,19H,6H2. The molecule has 2 aromatic rings. The highest BCUT2D eigenvalue weighted by atomic mass is 79.9. The summed E-state index contributed by atoms with van der Waals surface area (Å²) in [6, 6.07) is 6.25. The van der Waals surface area contributed by atoms with Gasteiger partial charge in [-0.2, -0.15) is 0 Å². The Morgan fingerprint density at radius 1 is 1.00 bits per heavy atom. The van der Waals surface area contributed by atoms with Gasteiger partial charge in [0.1, 0.15) is 17.5 Å². The zero-order chi connectivity index (χ0) is 14.0. The topological polar surface area (TPSA) is 12.0 Å². The molecule has 0 radical (unpaired) electrons. The van der Waals surface area contributed by atoms with Crippen LogP contribution in [0.5, 0.6) is 0 Å². The van der Waals surface area contributed by atoms with Gasteiger partial charge in [0.25, 0.3) is 0 Å². The number of hydrogen-bond acceptors (Lipinski definition) is 1. The molecule has 1 nitrogen and oxygen atoms in total. The minimum Gasteiger partial charge on any atom is -0.379 e. The maximum absolute atomic E-state index is 13.5. The first-order valence-corrected chi connectivity index (χ1v) is 6.47. The van der Waals surface area contributed by atoms with Gasteiger partial charge in [0.2, 0.25) is 0 Å². The number of hydrogen-bond donors (Lipinski definition) is 1. The smallest absolute Gasteiger partial charge is 0.147 e. The lowest BCUT2D eigenvalue weighted by atomic mass is 10.2. The fourth-order valence-electron chi connectivity index (χ4n) is 1.50. The maximum atomic E-state index is 13.5. The lowest BCUT2D eigenvalue weighted by Crippen LogP contribution is -2.02. The molecule has 0 saturated heterocycles. The molecule has 0 bridgehead atoms. The van der Waals surface area contributed by atoms with Crippen LogP contribution < -0.4 is 5.32 Å². The van der Waals surface area contributed by atoms with Crippen molar-refractivity contribution in [2.24, 2.45) is 0 Å². The number of benzene rings is 2. The van der Waals surface area contributed by atoms with Crippen LogP contribution in [-0.4, -0.2) is 0 Å². The molecule has 2 aromatic carbocycles. The number of halogens is 5. The van der Waals surface area contributed by atoms with Crippen LogP contribution in [0.15, 0.2) is 34.8 Å². The molecular formula is C13H8BrClF3N. The van der Waals surface area contributed by atoms with Gasteiger partial charge >= 0.3 is 0 Å². The molecule has 0 aliphatic rings. The molecular weight excluding hydrogens is 343 g/mol. The molecule has 0 atom stereocenters. The van der Waals surface area contributed by atoms with Gasteiger partial charge < -0.3 is 5.32 Å². The van der Waals surface area contributed by atoms with Crippen molar-refractivity contribution >= 4 is 33.2 Å². The third-order valence-electron chi connectivity index (χ3n) is 2.48. The van der Waals surface area contributed by atoms with Crippen molar-refractivity contribution in [3.63, 3.8) is 0 Å². The molecule has 0 saturated carbocycles. The minimum atomic E-state index is -0.582. The Balaban J connectivity index is 2.14. The normalized spacial score (nSPS) is 10.6. The fourth-order valence-corrected chi connectivity index (χ4v) is 2.02. The van der Waals surface area contributed by atoms with Crippen molar-refractivity contribution in [3.8, 4) is 0 Å². The molecule has 0 fully saturated rings. The van der Waals surface area contributed by atoms with Crippen molar-refractivity contribution in [3.05, 3.63) is 62.8 Å². The van der Waals surface area contributed by atoms with E-state index < -0.39 is 17.5 Å². The zero-order valence-corrected chi connectivity index (χ0v) is 11.8. The molecule has 1 N–H and O–H groups in total. The fraction of sp³-hybridized carbons (Fsp3) is 0.0769. The first-order valence-electron chi connectivity index (χ1n) is 5.29. The second-order valence-electron chi connectivity index (χ2n) is 3.85. The van der Waals surface area contributed by atoms with Gasteiger partial charge in [-0.25, -0.2) is 13.2 Å². The number of nitrogens with one attached hydrogen (secondary N) is 1. The summed E-state index contributed by atoms with van der Waals surface area (Å²) in [4.78, 5) is 0. The van der Waals surface area contributed by atoms with Gasteiger partial charge in [0.05, 0.1) is 15.2 Å². The SMILES string of the molecule is Fc1ccc(CNc2cc(F)c(Br)cc2F)cc1Cl. The Bertz CT molecular complexity index is 619. The summed E-state index contributed by atoms with van der Waals surface area (Å²) in [5.41, 5.74) is 0.690. The zero-order valence-electron chi connectivity index (χ0n) is 9.48. The lowest BCUT2D eigenvalue weighted by molar-refractivity contribution is 0.596. The van der Waals surface area contributed by atoms with E-state index in [0.29, 0.717) is 5.56 Å². The first kappa shape index (κ1) is 14.2. The van der Waals surface area contributed by atoms with Gasteiger partial charge in [0.15, 0.2) is 0 Å². The van der Waals surface area contributed by atoms with Crippen LogP contribution in [-0.2, 0) is 6.54 Å². The average Bonchev–Trinajstić information content (AvgIpc) is 2.36. The predicted molar refractivity (Wildman–Crippen MR) is 72.8 cm³/mol. The van der Waals surface area contributed by atoms with Crippen LogP contribution >= 0.6 is 27.5 Å². The number of rotatable bonds is 3. The predicted octanol–water partition coefficient (Wildman–Crippen LogP) is 5.13. The Hall–Kier alpha value is -1.20. The summed E-state index contributed by atoms with van der Waals surface area (Å²) in [6.45, 7) is 0.206. The van der Waals surface area contributed by atoms with E-state index in [-0.39, 0.29) is 21.7 Å². The van der Waals surface area contributed by atoms with Gasteiger partial charge in [-0.3, -0.25) is 0 Å². The summed E-state index contributed by atoms with van der Waals surface area (Å²) in [5, 5.41) is 2.71. The molecule has 6 heteroatoms. The van der Waals surface area contributed by atoms with Gasteiger partial charge in [-0.05, 0) is 39.7 Å². The van der Waals surface area contributed by atoms with E-state index in [1.165, 1.54) is 18.2 Å². The maximum Gasteiger partial charge on any atom is 0.147 e. The average molecular weight is 351 g/mol. The highest BCUT2D eigenvalue weighted by Crippen LogP contribution is 2.24. The van der Waals surface area contributed by atoms with E-state index in [4.69, 9.17) is 11.6 Å². The minimum absolute atomic E-state index is 0.0123. The third kappa shape index (κ3) is 3.42. The lowest BCUT2D eigenvalue weighted by Gasteiger charge is -2.09. The molecule has 100 valence electrons. The van der Waals surface area contributed by atoms with Crippen molar-refractivity contribution < 1.29 is 13.2 Å². The summed E-state index contributed by atoms with van der Waals surface area (Å²) in [7, 11) is 0. The summed E-state index contributed by atoms with van der Waals surface area (Å²) in [5.74, 6) is -1.67. The first-order chi connectivity index (χ1) is 8.97. The van der Waals surface area contributed by atoms with Crippen LogP contribution in [0, 0.1) is 17.5 Å². The molecule has 0 spiro atoms. The van der Waals surface area contributed by atoms with E-state index in [9.17, 15) is 13.2 Å². The van der Waals surface area contributed by atoms with Crippen molar-refractivity contribution in [2.75, 3.05) is 5.32 Å². The van der Waals surface area contributed by atoms with Crippen LogP contribution in [0.3, 0.4) is 0 Å². The number of anilines is 1. The highest BCUT2D eigenvalue weighted by molar-refractivity contribution is 9.10. The Morgan fingerprint density at radius 2 is 1.74 bits per heavy atom. The van der Waals surface area contributed by atoms with Gasteiger partial charge in [0, 0.05) is 12.6 Å².